The Morgan fingerprint density at radius 3 is 2.10 bits per heavy atom. The number of aryl methyl sites for hydroxylation is 1. The van der Waals surface area contributed by atoms with Crippen LogP contribution in [0.4, 0.5) is 11.4 Å². The molecule has 5 nitrogen and oxygen atoms in total. The van der Waals surface area contributed by atoms with Crippen molar-refractivity contribution in [2.24, 2.45) is 0 Å². The number of benzene rings is 3. The van der Waals surface area contributed by atoms with Crippen LogP contribution in [0.5, 0.6) is 0 Å². The third-order valence-corrected chi connectivity index (χ3v) is 4.72. The van der Waals surface area contributed by atoms with Crippen molar-refractivity contribution in [3.63, 3.8) is 0 Å². The Balaban J connectivity index is 1.79. The van der Waals surface area contributed by atoms with Gasteiger partial charge in [-0.1, -0.05) is 48.0 Å². The first-order chi connectivity index (χ1) is 14.1. The van der Waals surface area contributed by atoms with Gasteiger partial charge in [-0.05, 0) is 48.9 Å². The summed E-state index contributed by atoms with van der Waals surface area (Å²) in [5.41, 5.74) is 3.92. The summed E-state index contributed by atoms with van der Waals surface area (Å²) in [4.78, 5) is 27.7. The topological polar surface area (TPSA) is 73.2 Å². The lowest BCUT2D eigenvalue weighted by Gasteiger charge is -2.15. The van der Waals surface area contributed by atoms with E-state index in [4.69, 9.17) is 5.26 Å². The highest BCUT2D eigenvalue weighted by Crippen LogP contribution is 2.33. The Kier molecular flexibility index (Phi) is 4.68. The number of hydrogen-bond donors (Lipinski definition) is 1. The van der Waals surface area contributed by atoms with E-state index in [9.17, 15) is 9.59 Å². The van der Waals surface area contributed by atoms with Crippen molar-refractivity contribution < 1.29 is 9.59 Å². The quantitative estimate of drug-likeness (QED) is 0.688. The van der Waals surface area contributed by atoms with Crippen LogP contribution >= 0.6 is 0 Å². The molecule has 1 heterocycles. The average Bonchev–Trinajstić information content (AvgIpc) is 3.00. The summed E-state index contributed by atoms with van der Waals surface area (Å²) >= 11 is 0. The van der Waals surface area contributed by atoms with Crippen LogP contribution in [0, 0.1) is 18.3 Å². The maximum atomic E-state index is 13.3. The third kappa shape index (κ3) is 3.40. The summed E-state index contributed by atoms with van der Waals surface area (Å²) in [6, 6.07) is 25.1. The molecule has 0 bridgehead atoms. The van der Waals surface area contributed by atoms with Gasteiger partial charge in [0.1, 0.15) is 5.70 Å². The summed E-state index contributed by atoms with van der Waals surface area (Å²) in [5, 5.41) is 12.1. The van der Waals surface area contributed by atoms with Gasteiger partial charge in [0.2, 0.25) is 0 Å². The monoisotopic (exact) mass is 379 g/mol. The number of nitriles is 1. The van der Waals surface area contributed by atoms with E-state index in [-0.39, 0.29) is 5.70 Å². The summed E-state index contributed by atoms with van der Waals surface area (Å²) in [7, 11) is 0. The first-order valence-corrected chi connectivity index (χ1v) is 9.11. The van der Waals surface area contributed by atoms with E-state index in [1.54, 1.807) is 36.4 Å². The number of nitrogens with one attached hydrogen (secondary N) is 1. The highest BCUT2D eigenvalue weighted by Gasteiger charge is 2.40. The Labute approximate surface area is 168 Å². The zero-order valence-electron chi connectivity index (χ0n) is 15.7. The van der Waals surface area contributed by atoms with Crippen molar-refractivity contribution >= 4 is 28.8 Å². The fourth-order valence-corrected chi connectivity index (χ4v) is 3.22. The van der Waals surface area contributed by atoms with E-state index in [2.05, 4.69) is 5.32 Å². The van der Waals surface area contributed by atoms with Gasteiger partial charge in [-0.2, -0.15) is 5.26 Å². The van der Waals surface area contributed by atoms with Gasteiger partial charge in [-0.25, -0.2) is 4.90 Å². The second-order valence-corrected chi connectivity index (χ2v) is 6.71. The van der Waals surface area contributed by atoms with Crippen molar-refractivity contribution in [1.29, 1.82) is 5.26 Å². The average molecular weight is 379 g/mol. The second kappa shape index (κ2) is 7.45. The molecule has 140 valence electrons. The Morgan fingerprint density at radius 1 is 0.828 bits per heavy atom. The van der Waals surface area contributed by atoms with Gasteiger partial charge in [0.05, 0.1) is 22.9 Å². The molecule has 0 radical (unpaired) electrons. The van der Waals surface area contributed by atoms with E-state index in [0.29, 0.717) is 22.4 Å². The smallest absolute Gasteiger partial charge is 0.282 e. The number of hydrogen-bond acceptors (Lipinski definition) is 4. The van der Waals surface area contributed by atoms with Gasteiger partial charge in [0.15, 0.2) is 0 Å². The van der Waals surface area contributed by atoms with Crippen molar-refractivity contribution in [2.75, 3.05) is 10.2 Å². The van der Waals surface area contributed by atoms with E-state index in [1.165, 1.54) is 0 Å². The van der Waals surface area contributed by atoms with Crippen LogP contribution in [0.1, 0.15) is 16.7 Å². The molecule has 0 aromatic heterocycles. The Hall–Kier alpha value is -4.17. The molecule has 1 aliphatic rings. The largest absolute Gasteiger partial charge is 0.350 e. The van der Waals surface area contributed by atoms with Gasteiger partial charge in [0.25, 0.3) is 11.8 Å². The zero-order valence-corrected chi connectivity index (χ0v) is 15.7. The molecule has 2 amide bonds. The lowest BCUT2D eigenvalue weighted by Crippen LogP contribution is -2.32. The predicted molar refractivity (Wildman–Crippen MR) is 112 cm³/mol. The number of nitrogens with zero attached hydrogens (tertiary/aromatic N) is 2. The minimum Gasteiger partial charge on any atom is -0.350 e. The predicted octanol–water partition coefficient (Wildman–Crippen LogP) is 4.26. The fourth-order valence-electron chi connectivity index (χ4n) is 3.22. The minimum atomic E-state index is -0.431. The number of carbonyl (C=O) groups excluding carboxylic acids is 2. The van der Waals surface area contributed by atoms with Crippen LogP contribution in [0.25, 0.3) is 5.57 Å². The van der Waals surface area contributed by atoms with E-state index in [0.717, 1.165) is 16.2 Å². The first-order valence-electron chi connectivity index (χ1n) is 9.11. The minimum absolute atomic E-state index is 0.231. The standard InChI is InChI=1S/C24H17N3O2/c1-16-7-11-19(12-8-16)26-22-21(18-5-3-2-4-6-18)23(28)27(24(22)29)20-13-9-17(15-25)10-14-20/h2-14,26H,1H3. The van der Waals surface area contributed by atoms with Crippen LogP contribution in [0.2, 0.25) is 0 Å². The number of amides is 2. The van der Waals surface area contributed by atoms with Gasteiger partial charge in [-0.15, -0.1) is 0 Å². The summed E-state index contributed by atoms with van der Waals surface area (Å²) in [5.74, 6) is -0.834. The number of imide groups is 1. The second-order valence-electron chi connectivity index (χ2n) is 6.71. The molecular formula is C24H17N3O2. The van der Waals surface area contributed by atoms with E-state index >= 15 is 0 Å². The van der Waals surface area contributed by atoms with Gasteiger partial charge < -0.3 is 5.32 Å². The summed E-state index contributed by atoms with van der Waals surface area (Å²) in [6.45, 7) is 1.98. The molecule has 0 spiro atoms. The van der Waals surface area contributed by atoms with Crippen molar-refractivity contribution in [3.8, 4) is 6.07 Å². The fraction of sp³-hybridized carbons (Fsp3) is 0.0417. The SMILES string of the molecule is Cc1ccc(NC2=C(c3ccccc3)C(=O)N(c3ccc(C#N)cc3)C2=O)cc1. The molecular weight excluding hydrogens is 362 g/mol. The molecule has 29 heavy (non-hydrogen) atoms. The number of rotatable bonds is 4. The number of anilines is 2. The maximum absolute atomic E-state index is 13.3. The van der Waals surface area contributed by atoms with Crippen molar-refractivity contribution in [2.45, 2.75) is 6.92 Å². The summed E-state index contributed by atoms with van der Waals surface area (Å²) in [6.07, 6.45) is 0. The Bertz CT molecular complexity index is 1160. The zero-order chi connectivity index (χ0) is 20.4. The molecule has 0 saturated carbocycles. The van der Waals surface area contributed by atoms with Gasteiger partial charge in [-0.3, -0.25) is 9.59 Å². The highest BCUT2D eigenvalue weighted by molar-refractivity contribution is 6.46. The lowest BCUT2D eigenvalue weighted by molar-refractivity contribution is -0.120. The number of carbonyl (C=O) groups is 2. The normalized spacial score (nSPS) is 13.6. The third-order valence-electron chi connectivity index (χ3n) is 4.72. The van der Waals surface area contributed by atoms with Crippen LogP contribution in [0.15, 0.2) is 84.6 Å². The van der Waals surface area contributed by atoms with E-state index < -0.39 is 11.8 Å². The van der Waals surface area contributed by atoms with E-state index in [1.807, 2.05) is 55.5 Å². The summed E-state index contributed by atoms with van der Waals surface area (Å²) < 4.78 is 0. The molecule has 4 rings (SSSR count). The molecule has 0 saturated heterocycles. The van der Waals surface area contributed by atoms with Crippen LogP contribution in [0.3, 0.4) is 0 Å². The molecule has 0 fully saturated rings. The molecule has 0 unspecified atom stereocenters. The molecule has 3 aromatic rings. The molecule has 5 heteroatoms. The lowest BCUT2D eigenvalue weighted by atomic mass is 10.0. The molecule has 0 aliphatic carbocycles. The molecule has 1 N–H and O–H groups in total. The van der Waals surface area contributed by atoms with Crippen LogP contribution < -0.4 is 10.2 Å². The van der Waals surface area contributed by atoms with Gasteiger partial charge >= 0.3 is 0 Å². The van der Waals surface area contributed by atoms with Gasteiger partial charge in [0, 0.05) is 5.69 Å². The molecule has 0 atom stereocenters. The Morgan fingerprint density at radius 2 is 1.48 bits per heavy atom. The van der Waals surface area contributed by atoms with Crippen molar-refractivity contribution in [1.82, 2.24) is 0 Å². The highest BCUT2D eigenvalue weighted by atomic mass is 16.2. The molecule has 1 aliphatic heterocycles. The van der Waals surface area contributed by atoms with Crippen LogP contribution in [-0.4, -0.2) is 11.8 Å². The van der Waals surface area contributed by atoms with Crippen LogP contribution in [-0.2, 0) is 9.59 Å². The molecule has 3 aromatic carbocycles. The maximum Gasteiger partial charge on any atom is 0.282 e. The first kappa shape index (κ1) is 18.2. The van der Waals surface area contributed by atoms with Crippen molar-refractivity contribution in [3.05, 3.63) is 101 Å².